The fourth-order valence-corrected chi connectivity index (χ4v) is 2.85. The predicted molar refractivity (Wildman–Crippen MR) is 74.6 cm³/mol. The molecule has 5 nitrogen and oxygen atoms in total. The Balaban J connectivity index is 1.83. The molecule has 0 radical (unpaired) electrons. The number of hydrogen-bond donors (Lipinski definition) is 2. The molecule has 0 aliphatic carbocycles. The van der Waals surface area contributed by atoms with Crippen LogP contribution in [-0.4, -0.2) is 36.6 Å². The molecule has 2 aliphatic heterocycles. The van der Waals surface area contributed by atoms with Gasteiger partial charge in [-0.15, -0.1) is 0 Å². The molecule has 3 rings (SSSR count). The van der Waals surface area contributed by atoms with Crippen molar-refractivity contribution >= 4 is 17.6 Å². The zero-order valence-electron chi connectivity index (χ0n) is 11.2. The number of aliphatic carboxylic acids is 1. The number of rotatable bonds is 3. The van der Waals surface area contributed by atoms with E-state index < -0.39 is 11.9 Å². The van der Waals surface area contributed by atoms with Gasteiger partial charge in [0.1, 0.15) is 0 Å². The first-order valence-corrected chi connectivity index (χ1v) is 6.97. The molecule has 1 aromatic carbocycles. The van der Waals surface area contributed by atoms with Crippen LogP contribution in [0.3, 0.4) is 0 Å². The van der Waals surface area contributed by atoms with Gasteiger partial charge in [0.2, 0.25) is 5.91 Å². The highest BCUT2D eigenvalue weighted by atomic mass is 16.4. The summed E-state index contributed by atoms with van der Waals surface area (Å²) in [5, 5.41) is 12.4. The minimum Gasteiger partial charge on any atom is -0.481 e. The highest BCUT2D eigenvalue weighted by Crippen LogP contribution is 2.30. The van der Waals surface area contributed by atoms with Crippen LogP contribution in [0.1, 0.15) is 12.0 Å². The topological polar surface area (TPSA) is 69.6 Å². The van der Waals surface area contributed by atoms with Crippen molar-refractivity contribution in [3.05, 3.63) is 29.8 Å². The number of carboxylic acids is 1. The molecule has 1 fully saturated rings. The first kappa shape index (κ1) is 13.1. The van der Waals surface area contributed by atoms with Gasteiger partial charge in [0, 0.05) is 18.7 Å². The summed E-state index contributed by atoms with van der Waals surface area (Å²) in [7, 11) is 0. The third kappa shape index (κ3) is 2.41. The number of carbonyl (C=O) groups excluding carboxylic acids is 1. The molecule has 1 saturated heterocycles. The molecule has 0 saturated carbocycles. The van der Waals surface area contributed by atoms with Crippen LogP contribution in [0.15, 0.2) is 24.3 Å². The standard InChI is InChI=1S/C15H18N2O3/c18-14(5-10-7-16-8-10)17-9-12(15(19)20)6-11-3-1-2-4-13(11)17/h1-4,10,12,16H,5-9H2,(H,19,20). The van der Waals surface area contributed by atoms with E-state index in [4.69, 9.17) is 0 Å². The van der Waals surface area contributed by atoms with Crippen LogP contribution < -0.4 is 10.2 Å². The highest BCUT2D eigenvalue weighted by molar-refractivity contribution is 5.96. The van der Waals surface area contributed by atoms with Gasteiger partial charge in [-0.25, -0.2) is 0 Å². The van der Waals surface area contributed by atoms with Gasteiger partial charge in [-0.1, -0.05) is 18.2 Å². The molecule has 106 valence electrons. The molecule has 0 spiro atoms. The average molecular weight is 274 g/mol. The fourth-order valence-electron chi connectivity index (χ4n) is 2.85. The van der Waals surface area contributed by atoms with Crippen molar-refractivity contribution in [2.45, 2.75) is 12.8 Å². The van der Waals surface area contributed by atoms with Crippen LogP contribution in [0.5, 0.6) is 0 Å². The highest BCUT2D eigenvalue weighted by Gasteiger charge is 2.33. The number of hydrogen-bond acceptors (Lipinski definition) is 3. The van der Waals surface area contributed by atoms with Gasteiger partial charge in [-0.3, -0.25) is 9.59 Å². The van der Waals surface area contributed by atoms with E-state index in [9.17, 15) is 14.7 Å². The van der Waals surface area contributed by atoms with Crippen molar-refractivity contribution in [1.29, 1.82) is 0 Å². The Kier molecular flexibility index (Phi) is 3.44. The molecular formula is C15H18N2O3. The Hall–Kier alpha value is -1.88. The predicted octanol–water partition coefficient (Wildman–Crippen LogP) is 0.886. The summed E-state index contributed by atoms with van der Waals surface area (Å²) in [5.41, 5.74) is 1.83. The maximum Gasteiger partial charge on any atom is 0.308 e. The van der Waals surface area contributed by atoms with Crippen molar-refractivity contribution in [3.8, 4) is 0 Å². The number of anilines is 1. The minimum absolute atomic E-state index is 0.0369. The van der Waals surface area contributed by atoms with Crippen molar-refractivity contribution < 1.29 is 14.7 Å². The van der Waals surface area contributed by atoms with Crippen LogP contribution in [0.4, 0.5) is 5.69 Å². The number of nitrogens with zero attached hydrogens (tertiary/aromatic N) is 1. The average Bonchev–Trinajstić information content (AvgIpc) is 2.41. The van der Waals surface area contributed by atoms with Crippen molar-refractivity contribution in [2.24, 2.45) is 11.8 Å². The van der Waals surface area contributed by atoms with Crippen LogP contribution >= 0.6 is 0 Å². The SMILES string of the molecule is O=C(O)C1Cc2ccccc2N(C(=O)CC2CNC2)C1. The molecule has 2 aliphatic rings. The number of carboxylic acid groups (broad SMARTS) is 1. The van der Waals surface area contributed by atoms with Crippen molar-refractivity contribution in [3.63, 3.8) is 0 Å². The summed E-state index contributed by atoms with van der Waals surface area (Å²) in [6.07, 6.45) is 0.994. The van der Waals surface area contributed by atoms with Crippen molar-refractivity contribution in [1.82, 2.24) is 5.32 Å². The van der Waals surface area contributed by atoms with Crippen LogP contribution in [0.25, 0.3) is 0 Å². The summed E-state index contributed by atoms with van der Waals surface area (Å²) in [4.78, 5) is 25.4. The van der Waals surface area contributed by atoms with Gasteiger partial charge in [-0.2, -0.15) is 0 Å². The van der Waals surface area contributed by atoms with E-state index in [1.54, 1.807) is 4.90 Å². The van der Waals surface area contributed by atoms with E-state index in [1.165, 1.54) is 0 Å². The Morgan fingerprint density at radius 2 is 2.05 bits per heavy atom. The van der Waals surface area contributed by atoms with E-state index >= 15 is 0 Å². The number of nitrogens with one attached hydrogen (secondary N) is 1. The van der Waals surface area contributed by atoms with Crippen LogP contribution in [0, 0.1) is 11.8 Å². The second-order valence-corrected chi connectivity index (χ2v) is 5.60. The lowest BCUT2D eigenvalue weighted by molar-refractivity contribution is -0.141. The summed E-state index contributed by atoms with van der Waals surface area (Å²) < 4.78 is 0. The van der Waals surface area contributed by atoms with E-state index in [0.717, 1.165) is 24.3 Å². The van der Waals surface area contributed by atoms with E-state index in [1.807, 2.05) is 24.3 Å². The Labute approximate surface area is 117 Å². The quantitative estimate of drug-likeness (QED) is 0.858. The zero-order valence-corrected chi connectivity index (χ0v) is 11.2. The summed E-state index contributed by atoms with van der Waals surface area (Å²) in [6.45, 7) is 2.04. The molecule has 20 heavy (non-hydrogen) atoms. The first-order valence-electron chi connectivity index (χ1n) is 6.97. The monoisotopic (exact) mass is 274 g/mol. The lowest BCUT2D eigenvalue weighted by Gasteiger charge is -2.35. The van der Waals surface area contributed by atoms with E-state index in [2.05, 4.69) is 5.32 Å². The normalized spacial score (nSPS) is 22.0. The zero-order chi connectivity index (χ0) is 14.1. The second-order valence-electron chi connectivity index (χ2n) is 5.60. The lowest BCUT2D eigenvalue weighted by atomic mass is 9.91. The van der Waals surface area contributed by atoms with Crippen LogP contribution in [-0.2, 0) is 16.0 Å². The third-order valence-electron chi connectivity index (χ3n) is 4.13. The van der Waals surface area contributed by atoms with E-state index in [-0.39, 0.29) is 12.5 Å². The number of carbonyl (C=O) groups is 2. The molecular weight excluding hydrogens is 256 g/mol. The smallest absolute Gasteiger partial charge is 0.308 e. The largest absolute Gasteiger partial charge is 0.481 e. The number of para-hydroxylation sites is 1. The lowest BCUT2D eigenvalue weighted by Crippen LogP contribution is -2.48. The van der Waals surface area contributed by atoms with Crippen molar-refractivity contribution in [2.75, 3.05) is 24.5 Å². The summed E-state index contributed by atoms with van der Waals surface area (Å²) in [5.74, 6) is -0.911. The Morgan fingerprint density at radius 1 is 1.30 bits per heavy atom. The van der Waals surface area contributed by atoms with Gasteiger partial charge in [0.25, 0.3) is 0 Å². The summed E-state index contributed by atoms with van der Waals surface area (Å²) >= 11 is 0. The molecule has 1 amide bonds. The van der Waals surface area contributed by atoms with E-state index in [0.29, 0.717) is 18.8 Å². The maximum absolute atomic E-state index is 12.4. The Morgan fingerprint density at radius 3 is 2.70 bits per heavy atom. The summed E-state index contributed by atoms with van der Waals surface area (Å²) in [6, 6.07) is 7.60. The molecule has 5 heteroatoms. The van der Waals surface area contributed by atoms with Gasteiger partial charge >= 0.3 is 5.97 Å². The van der Waals surface area contributed by atoms with Crippen LogP contribution in [0.2, 0.25) is 0 Å². The fraction of sp³-hybridized carbons (Fsp3) is 0.467. The molecule has 1 unspecified atom stereocenters. The van der Waals surface area contributed by atoms with Gasteiger partial charge < -0.3 is 15.3 Å². The second kappa shape index (κ2) is 5.25. The molecule has 2 heterocycles. The minimum atomic E-state index is -0.831. The van der Waals surface area contributed by atoms with Gasteiger partial charge in [0.15, 0.2) is 0 Å². The molecule has 2 N–H and O–H groups in total. The number of fused-ring (bicyclic) bond motifs is 1. The van der Waals surface area contributed by atoms with Gasteiger partial charge in [0.05, 0.1) is 5.92 Å². The maximum atomic E-state index is 12.4. The molecule has 1 atom stereocenters. The first-order chi connectivity index (χ1) is 9.65. The van der Waals surface area contributed by atoms with Gasteiger partial charge in [-0.05, 0) is 37.1 Å². The number of benzene rings is 1. The Bertz CT molecular complexity index is 540. The number of amides is 1. The molecule has 0 aromatic heterocycles. The molecule has 1 aromatic rings. The molecule has 0 bridgehead atoms. The third-order valence-corrected chi connectivity index (χ3v) is 4.13.